The number of nitrogens with zero attached hydrogens (tertiary/aromatic N) is 1. The summed E-state index contributed by atoms with van der Waals surface area (Å²) in [5.41, 5.74) is 12.1. The minimum atomic E-state index is 0.903. The molecule has 0 aliphatic carbocycles. The van der Waals surface area contributed by atoms with Crippen molar-refractivity contribution in [2.24, 2.45) is 0 Å². The van der Waals surface area contributed by atoms with Crippen molar-refractivity contribution >= 4 is 60.5 Å². The third kappa shape index (κ3) is 5.12. The largest absolute Gasteiger partial charge is 0.455 e. The molecule has 1 heterocycles. The van der Waals surface area contributed by atoms with Gasteiger partial charge in [-0.3, -0.25) is 0 Å². The summed E-state index contributed by atoms with van der Waals surface area (Å²) in [7, 11) is 0. The number of rotatable bonds is 6. The van der Waals surface area contributed by atoms with E-state index >= 15 is 0 Å². The molecule has 2 heteroatoms. The van der Waals surface area contributed by atoms with Gasteiger partial charge in [0.2, 0.25) is 0 Å². The van der Waals surface area contributed by atoms with E-state index in [1.54, 1.807) is 0 Å². The lowest BCUT2D eigenvalue weighted by Crippen LogP contribution is -2.11. The van der Waals surface area contributed by atoms with Gasteiger partial charge in [0.05, 0.1) is 5.69 Å². The summed E-state index contributed by atoms with van der Waals surface area (Å²) in [6, 6.07) is 71.7. The van der Waals surface area contributed by atoms with Crippen molar-refractivity contribution in [3.05, 3.63) is 200 Å². The molecule has 0 radical (unpaired) electrons. The van der Waals surface area contributed by atoms with E-state index in [9.17, 15) is 0 Å². The van der Waals surface area contributed by atoms with Crippen LogP contribution in [0.1, 0.15) is 0 Å². The van der Waals surface area contributed by atoms with E-state index in [0.29, 0.717) is 0 Å². The smallest absolute Gasteiger partial charge is 0.143 e. The van der Waals surface area contributed by atoms with Crippen LogP contribution in [0.25, 0.3) is 76.9 Å². The minimum absolute atomic E-state index is 0.903. The second kappa shape index (κ2) is 12.5. The molecule has 9 aromatic carbocycles. The maximum Gasteiger partial charge on any atom is 0.143 e. The Morgan fingerprint density at radius 1 is 0.346 bits per heavy atom. The molecule has 10 aromatic rings. The highest BCUT2D eigenvalue weighted by Gasteiger charge is 2.21. The molecule has 0 aliphatic rings. The van der Waals surface area contributed by atoms with Gasteiger partial charge in [-0.1, -0.05) is 152 Å². The molecule has 0 unspecified atom stereocenters. The molecule has 0 aliphatic heterocycles. The quantitative estimate of drug-likeness (QED) is 0.176. The van der Waals surface area contributed by atoms with E-state index in [2.05, 4.69) is 199 Å². The molecular weight excluding hydrogens is 631 g/mol. The van der Waals surface area contributed by atoms with Gasteiger partial charge in [-0.2, -0.15) is 0 Å². The molecule has 0 N–H and O–H groups in total. The first-order valence-electron chi connectivity index (χ1n) is 17.8. The SMILES string of the molecule is c1ccc(-c2ccc(N(c3ccc(-c4ccc5ccccc5c4)cc3)c3ccccc3-c3cccc4ccc5c6ccccc6oc5c34)cc2)cc1. The molecule has 52 heavy (non-hydrogen) atoms. The van der Waals surface area contributed by atoms with Crippen LogP contribution in [0.4, 0.5) is 17.1 Å². The first kappa shape index (κ1) is 30.0. The topological polar surface area (TPSA) is 16.4 Å². The Hall–Kier alpha value is -6.90. The van der Waals surface area contributed by atoms with Crippen molar-refractivity contribution in [1.29, 1.82) is 0 Å². The van der Waals surface area contributed by atoms with E-state index in [-0.39, 0.29) is 0 Å². The van der Waals surface area contributed by atoms with Gasteiger partial charge in [0.25, 0.3) is 0 Å². The van der Waals surface area contributed by atoms with Crippen molar-refractivity contribution in [3.8, 4) is 33.4 Å². The molecular formula is C50H33NO. The molecule has 0 bridgehead atoms. The summed E-state index contributed by atoms with van der Waals surface area (Å²) in [6.45, 7) is 0. The van der Waals surface area contributed by atoms with E-state index in [0.717, 1.165) is 60.9 Å². The molecule has 0 fully saturated rings. The summed E-state index contributed by atoms with van der Waals surface area (Å²) in [6.07, 6.45) is 0. The normalized spacial score (nSPS) is 11.5. The highest BCUT2D eigenvalue weighted by atomic mass is 16.3. The molecule has 0 saturated carbocycles. The van der Waals surface area contributed by atoms with Crippen LogP contribution >= 0.6 is 0 Å². The highest BCUT2D eigenvalue weighted by Crippen LogP contribution is 2.45. The van der Waals surface area contributed by atoms with Crippen molar-refractivity contribution in [3.63, 3.8) is 0 Å². The van der Waals surface area contributed by atoms with Crippen LogP contribution in [-0.2, 0) is 0 Å². The van der Waals surface area contributed by atoms with Gasteiger partial charge in [0.15, 0.2) is 0 Å². The number of anilines is 3. The maximum absolute atomic E-state index is 6.62. The van der Waals surface area contributed by atoms with E-state index in [4.69, 9.17) is 4.42 Å². The van der Waals surface area contributed by atoms with Crippen LogP contribution in [0, 0.1) is 0 Å². The predicted molar refractivity (Wildman–Crippen MR) is 220 cm³/mol. The average Bonchev–Trinajstić information content (AvgIpc) is 3.61. The van der Waals surface area contributed by atoms with Crippen LogP contribution in [0.5, 0.6) is 0 Å². The second-order valence-corrected chi connectivity index (χ2v) is 13.3. The standard InChI is InChI=1S/C50H33NO/c1-2-11-34(12-3-1)36-23-28-41(29-24-36)51(42-30-25-37(26-31-42)40-22-21-35-13-4-5-14-39(35)33-40)47-19-8-6-16-43(47)45-18-10-15-38-27-32-46-44-17-7-9-20-48(44)52-50(46)49(38)45/h1-33H. The van der Waals surface area contributed by atoms with Crippen LogP contribution in [-0.4, -0.2) is 0 Å². The lowest BCUT2D eigenvalue weighted by atomic mass is 9.94. The maximum atomic E-state index is 6.62. The minimum Gasteiger partial charge on any atom is -0.455 e. The van der Waals surface area contributed by atoms with E-state index in [1.807, 2.05) is 6.07 Å². The zero-order valence-corrected chi connectivity index (χ0v) is 28.4. The average molecular weight is 664 g/mol. The number of para-hydroxylation sites is 2. The zero-order valence-electron chi connectivity index (χ0n) is 28.4. The van der Waals surface area contributed by atoms with E-state index in [1.165, 1.54) is 33.0 Å². The van der Waals surface area contributed by atoms with E-state index < -0.39 is 0 Å². The Bertz CT molecular complexity index is 2890. The van der Waals surface area contributed by atoms with Crippen molar-refractivity contribution in [2.75, 3.05) is 4.90 Å². The van der Waals surface area contributed by atoms with Gasteiger partial charge >= 0.3 is 0 Å². The third-order valence-electron chi connectivity index (χ3n) is 10.3. The Morgan fingerprint density at radius 2 is 0.923 bits per heavy atom. The number of hydrogen-bond donors (Lipinski definition) is 0. The van der Waals surface area contributed by atoms with Gasteiger partial charge in [0.1, 0.15) is 11.2 Å². The third-order valence-corrected chi connectivity index (χ3v) is 10.3. The Morgan fingerprint density at radius 3 is 1.73 bits per heavy atom. The molecule has 10 rings (SSSR count). The van der Waals surface area contributed by atoms with Gasteiger partial charge < -0.3 is 9.32 Å². The van der Waals surface area contributed by atoms with Gasteiger partial charge in [-0.15, -0.1) is 0 Å². The predicted octanol–water partition coefficient (Wildman–Crippen LogP) is 14.4. The van der Waals surface area contributed by atoms with Gasteiger partial charge in [0, 0.05) is 33.1 Å². The van der Waals surface area contributed by atoms with Crippen molar-refractivity contribution in [2.45, 2.75) is 0 Å². The van der Waals surface area contributed by atoms with Crippen LogP contribution in [0.15, 0.2) is 205 Å². The number of furan rings is 1. The van der Waals surface area contributed by atoms with Crippen LogP contribution in [0.3, 0.4) is 0 Å². The van der Waals surface area contributed by atoms with Gasteiger partial charge in [-0.05, 0) is 92.5 Å². The Kier molecular flexibility index (Phi) is 7.18. The summed E-state index contributed by atoms with van der Waals surface area (Å²) in [4.78, 5) is 2.38. The molecule has 1 aromatic heterocycles. The molecule has 244 valence electrons. The zero-order chi connectivity index (χ0) is 34.4. The van der Waals surface area contributed by atoms with Gasteiger partial charge in [-0.25, -0.2) is 0 Å². The first-order valence-corrected chi connectivity index (χ1v) is 17.8. The number of hydrogen-bond acceptors (Lipinski definition) is 2. The van der Waals surface area contributed by atoms with Crippen molar-refractivity contribution < 1.29 is 4.42 Å². The molecule has 0 atom stereocenters. The molecule has 0 saturated heterocycles. The summed E-state index contributed by atoms with van der Waals surface area (Å²) >= 11 is 0. The lowest BCUT2D eigenvalue weighted by molar-refractivity contribution is 0.673. The fourth-order valence-corrected chi connectivity index (χ4v) is 7.71. The van der Waals surface area contributed by atoms with Crippen molar-refractivity contribution in [1.82, 2.24) is 0 Å². The fourth-order valence-electron chi connectivity index (χ4n) is 7.71. The second-order valence-electron chi connectivity index (χ2n) is 13.3. The number of fused-ring (bicyclic) bond motifs is 6. The summed E-state index contributed by atoms with van der Waals surface area (Å²) in [5, 5.41) is 7.02. The lowest BCUT2D eigenvalue weighted by Gasteiger charge is -2.28. The summed E-state index contributed by atoms with van der Waals surface area (Å²) < 4.78 is 6.62. The molecule has 0 amide bonds. The molecule has 0 spiro atoms. The number of benzene rings is 9. The fraction of sp³-hybridized carbons (Fsp3) is 0. The Balaban J connectivity index is 1.15. The van der Waals surface area contributed by atoms with Crippen LogP contribution in [0.2, 0.25) is 0 Å². The Labute approximate surface area is 302 Å². The van der Waals surface area contributed by atoms with Crippen LogP contribution < -0.4 is 4.90 Å². The highest BCUT2D eigenvalue weighted by molar-refractivity contribution is 6.19. The monoisotopic (exact) mass is 663 g/mol. The first-order chi connectivity index (χ1) is 25.8. The molecule has 2 nitrogen and oxygen atoms in total. The summed E-state index contributed by atoms with van der Waals surface area (Å²) in [5.74, 6) is 0.